The summed E-state index contributed by atoms with van der Waals surface area (Å²) < 4.78 is 5.18. The summed E-state index contributed by atoms with van der Waals surface area (Å²) in [6.07, 6.45) is 2.55. The van der Waals surface area contributed by atoms with Gasteiger partial charge in [-0.3, -0.25) is 0 Å². The zero-order chi connectivity index (χ0) is 8.93. The van der Waals surface area contributed by atoms with Crippen molar-refractivity contribution in [3.63, 3.8) is 0 Å². The number of aromatic nitrogens is 2. The minimum Gasteiger partial charge on any atom is -0.469 e. The van der Waals surface area contributed by atoms with Crippen molar-refractivity contribution in [2.24, 2.45) is 0 Å². The number of anilines is 1. The molecule has 2 aromatic heterocycles. The highest BCUT2D eigenvalue weighted by Gasteiger charge is 1.97. The minimum absolute atomic E-state index is 0.822. The van der Waals surface area contributed by atoms with Crippen LogP contribution in [0.4, 0.5) is 5.13 Å². The van der Waals surface area contributed by atoms with Crippen LogP contribution in [-0.2, 0) is 6.42 Å². The van der Waals surface area contributed by atoms with Crippen molar-refractivity contribution in [3.8, 4) is 0 Å². The molecule has 0 radical (unpaired) electrons. The van der Waals surface area contributed by atoms with Gasteiger partial charge in [0.25, 0.3) is 0 Å². The van der Waals surface area contributed by atoms with E-state index < -0.39 is 0 Å². The zero-order valence-corrected chi connectivity index (χ0v) is 7.75. The first-order valence-corrected chi connectivity index (χ1v) is 4.85. The summed E-state index contributed by atoms with van der Waals surface area (Å²) in [5.74, 6) is 0.983. The molecule has 0 aliphatic heterocycles. The third-order valence-electron chi connectivity index (χ3n) is 1.59. The Labute approximate surface area is 79.6 Å². The lowest BCUT2D eigenvalue weighted by atomic mass is 10.3. The molecule has 2 heterocycles. The Hall–Kier alpha value is -1.36. The highest BCUT2D eigenvalue weighted by Crippen LogP contribution is 2.08. The van der Waals surface area contributed by atoms with E-state index in [1.807, 2.05) is 12.1 Å². The molecule has 0 saturated heterocycles. The van der Waals surface area contributed by atoms with Crippen LogP contribution in [-0.4, -0.2) is 16.7 Å². The molecule has 0 spiro atoms. The van der Waals surface area contributed by atoms with Gasteiger partial charge in [-0.25, -0.2) is 0 Å². The van der Waals surface area contributed by atoms with Crippen molar-refractivity contribution in [2.45, 2.75) is 6.42 Å². The van der Waals surface area contributed by atoms with Crippen LogP contribution in [0.1, 0.15) is 5.76 Å². The summed E-state index contributed by atoms with van der Waals surface area (Å²) in [6, 6.07) is 3.85. The number of hydrogen-bond acceptors (Lipinski definition) is 5. The van der Waals surface area contributed by atoms with Crippen LogP contribution in [0.3, 0.4) is 0 Å². The lowest BCUT2D eigenvalue weighted by Gasteiger charge is -1.98. The van der Waals surface area contributed by atoms with Gasteiger partial charge < -0.3 is 9.73 Å². The van der Waals surface area contributed by atoms with Crippen LogP contribution in [0.2, 0.25) is 0 Å². The third-order valence-corrected chi connectivity index (χ3v) is 2.24. The second kappa shape index (κ2) is 4.04. The molecule has 0 atom stereocenters. The fourth-order valence-electron chi connectivity index (χ4n) is 0.998. The number of nitrogens with zero attached hydrogens (tertiary/aromatic N) is 2. The number of furan rings is 1. The standard InChI is InChI=1S/C8H9N3OS/c1-2-7(12-5-1)3-4-9-8-11-10-6-13-8/h1-2,5-6H,3-4H2,(H,9,11). The molecule has 0 saturated carbocycles. The van der Waals surface area contributed by atoms with Gasteiger partial charge in [-0.1, -0.05) is 11.3 Å². The first kappa shape index (κ1) is 8.25. The molecule has 13 heavy (non-hydrogen) atoms. The molecule has 0 aromatic carbocycles. The Morgan fingerprint density at radius 2 is 2.54 bits per heavy atom. The van der Waals surface area contributed by atoms with Crippen molar-refractivity contribution >= 4 is 16.5 Å². The van der Waals surface area contributed by atoms with Gasteiger partial charge in [-0.2, -0.15) is 0 Å². The Morgan fingerprint density at radius 3 is 3.23 bits per heavy atom. The van der Waals surface area contributed by atoms with Crippen molar-refractivity contribution < 1.29 is 4.42 Å². The molecule has 0 fully saturated rings. The molecule has 0 bridgehead atoms. The van der Waals surface area contributed by atoms with E-state index in [1.165, 1.54) is 11.3 Å². The molecule has 5 heteroatoms. The predicted octanol–water partition coefficient (Wildman–Crippen LogP) is 1.79. The van der Waals surface area contributed by atoms with E-state index in [2.05, 4.69) is 15.5 Å². The van der Waals surface area contributed by atoms with Crippen LogP contribution in [0.5, 0.6) is 0 Å². The molecule has 68 valence electrons. The first-order chi connectivity index (χ1) is 6.45. The fraction of sp³-hybridized carbons (Fsp3) is 0.250. The fourth-order valence-corrected chi connectivity index (χ4v) is 1.47. The molecule has 4 nitrogen and oxygen atoms in total. The van der Waals surface area contributed by atoms with Gasteiger partial charge >= 0.3 is 0 Å². The highest BCUT2D eigenvalue weighted by molar-refractivity contribution is 7.13. The highest BCUT2D eigenvalue weighted by atomic mass is 32.1. The molecule has 0 unspecified atom stereocenters. The summed E-state index contributed by atoms with van der Waals surface area (Å²) >= 11 is 1.50. The summed E-state index contributed by atoms with van der Waals surface area (Å²) in [4.78, 5) is 0. The van der Waals surface area contributed by atoms with E-state index in [9.17, 15) is 0 Å². The lowest BCUT2D eigenvalue weighted by molar-refractivity contribution is 0.513. The Morgan fingerprint density at radius 1 is 1.54 bits per heavy atom. The van der Waals surface area contributed by atoms with E-state index in [0.717, 1.165) is 23.9 Å². The average Bonchev–Trinajstić information content (AvgIpc) is 2.75. The van der Waals surface area contributed by atoms with E-state index in [1.54, 1.807) is 11.8 Å². The van der Waals surface area contributed by atoms with E-state index in [0.29, 0.717) is 0 Å². The summed E-state index contributed by atoms with van der Waals surface area (Å²) in [7, 11) is 0. The zero-order valence-electron chi connectivity index (χ0n) is 6.93. The van der Waals surface area contributed by atoms with Gasteiger partial charge in [0.2, 0.25) is 5.13 Å². The molecular weight excluding hydrogens is 186 g/mol. The maximum absolute atomic E-state index is 5.18. The molecule has 0 aliphatic carbocycles. The Bertz CT molecular complexity index is 296. The van der Waals surface area contributed by atoms with Crippen LogP contribution < -0.4 is 5.32 Å². The topological polar surface area (TPSA) is 51.0 Å². The van der Waals surface area contributed by atoms with Crippen LogP contribution in [0.25, 0.3) is 0 Å². The van der Waals surface area contributed by atoms with Crippen LogP contribution in [0, 0.1) is 0 Å². The second-order valence-electron chi connectivity index (χ2n) is 2.50. The third kappa shape index (κ3) is 2.29. The Kier molecular flexibility index (Phi) is 2.56. The van der Waals surface area contributed by atoms with E-state index >= 15 is 0 Å². The smallest absolute Gasteiger partial charge is 0.205 e. The van der Waals surface area contributed by atoms with Gasteiger partial charge in [-0.15, -0.1) is 10.2 Å². The quantitative estimate of drug-likeness (QED) is 0.808. The number of rotatable bonds is 4. The van der Waals surface area contributed by atoms with E-state index in [-0.39, 0.29) is 0 Å². The molecule has 2 rings (SSSR count). The molecule has 2 aromatic rings. The van der Waals surface area contributed by atoms with Gasteiger partial charge in [0, 0.05) is 13.0 Å². The first-order valence-electron chi connectivity index (χ1n) is 3.97. The SMILES string of the molecule is c1coc(CCNc2nncs2)c1. The van der Waals surface area contributed by atoms with Crippen molar-refractivity contribution in [1.29, 1.82) is 0 Å². The van der Waals surface area contributed by atoms with Gasteiger partial charge in [0.15, 0.2) is 0 Å². The summed E-state index contributed by atoms with van der Waals surface area (Å²) in [6.45, 7) is 0.822. The van der Waals surface area contributed by atoms with Crippen molar-refractivity contribution in [2.75, 3.05) is 11.9 Å². The summed E-state index contributed by atoms with van der Waals surface area (Å²) in [5, 5.41) is 11.6. The van der Waals surface area contributed by atoms with Gasteiger partial charge in [0.1, 0.15) is 11.3 Å². The molecule has 1 N–H and O–H groups in total. The largest absolute Gasteiger partial charge is 0.469 e. The number of nitrogens with one attached hydrogen (secondary N) is 1. The maximum Gasteiger partial charge on any atom is 0.205 e. The predicted molar refractivity (Wildman–Crippen MR) is 50.8 cm³/mol. The van der Waals surface area contributed by atoms with Crippen molar-refractivity contribution in [1.82, 2.24) is 10.2 Å². The maximum atomic E-state index is 5.18. The molecular formula is C8H9N3OS. The van der Waals surface area contributed by atoms with Gasteiger partial charge in [0.05, 0.1) is 6.26 Å². The summed E-state index contributed by atoms with van der Waals surface area (Å²) in [5.41, 5.74) is 1.70. The van der Waals surface area contributed by atoms with Crippen LogP contribution >= 0.6 is 11.3 Å². The lowest BCUT2D eigenvalue weighted by Crippen LogP contribution is -2.03. The van der Waals surface area contributed by atoms with Crippen LogP contribution in [0.15, 0.2) is 28.3 Å². The van der Waals surface area contributed by atoms with Crippen molar-refractivity contribution in [3.05, 3.63) is 29.7 Å². The number of hydrogen-bond donors (Lipinski definition) is 1. The normalized spacial score (nSPS) is 10.2. The Balaban J connectivity index is 1.76. The molecule has 0 aliphatic rings. The van der Waals surface area contributed by atoms with E-state index in [4.69, 9.17) is 4.42 Å². The van der Waals surface area contributed by atoms with Gasteiger partial charge in [-0.05, 0) is 12.1 Å². The average molecular weight is 195 g/mol. The molecule has 0 amide bonds. The second-order valence-corrected chi connectivity index (χ2v) is 3.33. The monoisotopic (exact) mass is 195 g/mol. The minimum atomic E-state index is 0.822.